The molecule has 0 radical (unpaired) electrons. The van der Waals surface area contributed by atoms with Gasteiger partial charge in [-0.25, -0.2) is 4.68 Å². The largest absolute Gasteiger partial charge is 0.497 e. The van der Waals surface area contributed by atoms with Gasteiger partial charge in [-0.05, 0) is 81.1 Å². The molecule has 1 heterocycles. The summed E-state index contributed by atoms with van der Waals surface area (Å²) in [7, 11) is 1.64. The maximum atomic E-state index is 13.4. The fourth-order valence-electron chi connectivity index (χ4n) is 4.07. The molecule has 0 aliphatic carbocycles. The van der Waals surface area contributed by atoms with Crippen molar-refractivity contribution in [2.75, 3.05) is 7.11 Å². The Kier molecular flexibility index (Phi) is 7.12. The van der Waals surface area contributed by atoms with Gasteiger partial charge in [-0.15, -0.1) is 0 Å². The Bertz CT molecular complexity index is 1260. The van der Waals surface area contributed by atoms with Crippen molar-refractivity contribution >= 4 is 5.91 Å². The molecule has 0 fully saturated rings. The van der Waals surface area contributed by atoms with Crippen LogP contribution in [0, 0.1) is 13.8 Å². The summed E-state index contributed by atoms with van der Waals surface area (Å²) in [6.45, 7) is 6.15. The highest BCUT2D eigenvalue weighted by molar-refractivity contribution is 5.94. The number of hydrogen-bond donors (Lipinski definition) is 1. The van der Waals surface area contributed by atoms with E-state index in [9.17, 15) is 4.79 Å². The quantitative estimate of drug-likeness (QED) is 0.360. The van der Waals surface area contributed by atoms with E-state index in [0.29, 0.717) is 5.69 Å². The summed E-state index contributed by atoms with van der Waals surface area (Å²) in [5.41, 5.74) is 6.59. The molecule has 5 nitrogen and oxygen atoms in total. The van der Waals surface area contributed by atoms with Gasteiger partial charge in [-0.2, -0.15) is 5.10 Å². The van der Waals surface area contributed by atoms with Crippen LogP contribution in [-0.2, 0) is 6.42 Å². The molecule has 0 spiro atoms. The Morgan fingerprint density at radius 1 is 1.00 bits per heavy atom. The van der Waals surface area contributed by atoms with Crippen molar-refractivity contribution in [1.82, 2.24) is 15.1 Å². The molecule has 0 aliphatic heterocycles. The van der Waals surface area contributed by atoms with Crippen LogP contribution in [0.4, 0.5) is 0 Å². The lowest BCUT2D eigenvalue weighted by molar-refractivity contribution is 0.0930. The lowest BCUT2D eigenvalue weighted by Crippen LogP contribution is -2.34. The summed E-state index contributed by atoms with van der Waals surface area (Å²) in [4.78, 5) is 13.4. The summed E-state index contributed by atoms with van der Waals surface area (Å²) in [6, 6.07) is 26.1. The Hall–Kier alpha value is -3.86. The van der Waals surface area contributed by atoms with Crippen LogP contribution in [0.1, 0.15) is 40.5 Å². The van der Waals surface area contributed by atoms with Crippen molar-refractivity contribution in [2.45, 2.75) is 39.7 Å². The van der Waals surface area contributed by atoms with Crippen LogP contribution in [-0.4, -0.2) is 28.8 Å². The molecule has 34 heavy (non-hydrogen) atoms. The first kappa shape index (κ1) is 23.3. The molecule has 0 saturated heterocycles. The highest BCUT2D eigenvalue weighted by Crippen LogP contribution is 2.25. The fraction of sp³-hybridized carbons (Fsp3) is 0.241. The average Bonchev–Trinajstić information content (AvgIpc) is 3.29. The lowest BCUT2D eigenvalue weighted by Gasteiger charge is -2.15. The number of aromatic nitrogens is 2. The predicted octanol–water partition coefficient (Wildman–Crippen LogP) is 5.92. The number of hydrogen-bond acceptors (Lipinski definition) is 3. The van der Waals surface area contributed by atoms with Crippen LogP contribution in [0.5, 0.6) is 5.75 Å². The van der Waals surface area contributed by atoms with Crippen molar-refractivity contribution < 1.29 is 9.53 Å². The fourth-order valence-corrected chi connectivity index (χ4v) is 4.07. The summed E-state index contributed by atoms with van der Waals surface area (Å²) in [5.74, 6) is 0.649. The number of benzene rings is 3. The first-order valence-electron chi connectivity index (χ1n) is 11.6. The normalized spacial score (nSPS) is 11.8. The van der Waals surface area contributed by atoms with Crippen molar-refractivity contribution in [3.05, 3.63) is 101 Å². The second kappa shape index (κ2) is 10.4. The Morgan fingerprint density at radius 2 is 1.74 bits per heavy atom. The van der Waals surface area contributed by atoms with Gasteiger partial charge in [0.05, 0.1) is 18.5 Å². The van der Waals surface area contributed by atoms with Crippen molar-refractivity contribution in [2.24, 2.45) is 0 Å². The molecule has 1 N–H and O–H groups in total. The van der Waals surface area contributed by atoms with E-state index in [1.807, 2.05) is 74.5 Å². The van der Waals surface area contributed by atoms with Gasteiger partial charge < -0.3 is 10.1 Å². The Balaban J connectivity index is 1.62. The molecule has 3 aromatic carbocycles. The average molecular weight is 454 g/mol. The standard InChI is InChI=1S/C29H31N3O2/c1-20-10-17-27(21(2)18-20)32-28(19-26(31-32)24-13-15-25(34-4)16-14-24)29(33)30-22(3)11-12-23-8-6-5-7-9-23/h5-10,13-19,22H,11-12H2,1-4H3,(H,30,33). The van der Waals surface area contributed by atoms with Gasteiger partial charge >= 0.3 is 0 Å². The molecule has 5 heteroatoms. The number of rotatable bonds is 8. The summed E-state index contributed by atoms with van der Waals surface area (Å²) in [6.07, 6.45) is 1.77. The summed E-state index contributed by atoms with van der Waals surface area (Å²) < 4.78 is 7.03. The molecule has 1 atom stereocenters. The second-order valence-electron chi connectivity index (χ2n) is 8.74. The molecule has 1 aromatic heterocycles. The molecular weight excluding hydrogens is 422 g/mol. The third kappa shape index (κ3) is 5.37. The second-order valence-corrected chi connectivity index (χ2v) is 8.74. The van der Waals surface area contributed by atoms with E-state index in [1.54, 1.807) is 11.8 Å². The van der Waals surface area contributed by atoms with E-state index in [4.69, 9.17) is 9.84 Å². The number of nitrogens with one attached hydrogen (secondary N) is 1. The highest BCUT2D eigenvalue weighted by atomic mass is 16.5. The highest BCUT2D eigenvalue weighted by Gasteiger charge is 2.20. The summed E-state index contributed by atoms with van der Waals surface area (Å²) in [5, 5.41) is 8.00. The maximum absolute atomic E-state index is 13.4. The maximum Gasteiger partial charge on any atom is 0.270 e. The van der Waals surface area contributed by atoms with E-state index >= 15 is 0 Å². The Morgan fingerprint density at radius 3 is 2.41 bits per heavy atom. The monoisotopic (exact) mass is 453 g/mol. The van der Waals surface area contributed by atoms with Crippen molar-refractivity contribution in [3.63, 3.8) is 0 Å². The van der Waals surface area contributed by atoms with Crippen LogP contribution < -0.4 is 10.1 Å². The number of carbonyl (C=O) groups is 1. The van der Waals surface area contributed by atoms with Crippen LogP contribution in [0.3, 0.4) is 0 Å². The van der Waals surface area contributed by atoms with E-state index in [1.165, 1.54) is 11.1 Å². The zero-order valence-corrected chi connectivity index (χ0v) is 20.2. The molecule has 1 unspecified atom stereocenters. The van der Waals surface area contributed by atoms with Gasteiger partial charge in [0.15, 0.2) is 0 Å². The third-order valence-corrected chi connectivity index (χ3v) is 5.99. The molecule has 4 aromatic rings. The number of methoxy groups -OCH3 is 1. The number of ether oxygens (including phenoxy) is 1. The number of aryl methyl sites for hydroxylation is 3. The summed E-state index contributed by atoms with van der Waals surface area (Å²) >= 11 is 0. The first-order chi connectivity index (χ1) is 16.4. The minimum atomic E-state index is -0.132. The minimum absolute atomic E-state index is 0.0274. The predicted molar refractivity (Wildman–Crippen MR) is 137 cm³/mol. The zero-order chi connectivity index (χ0) is 24.1. The molecule has 174 valence electrons. The number of carbonyl (C=O) groups excluding carboxylic acids is 1. The SMILES string of the molecule is COc1ccc(-c2cc(C(=O)NC(C)CCc3ccccc3)n(-c3ccc(C)cc3C)n2)cc1. The van der Waals surface area contributed by atoms with Gasteiger partial charge in [0.25, 0.3) is 5.91 Å². The first-order valence-corrected chi connectivity index (χ1v) is 11.6. The zero-order valence-electron chi connectivity index (χ0n) is 20.2. The lowest BCUT2D eigenvalue weighted by atomic mass is 10.1. The minimum Gasteiger partial charge on any atom is -0.497 e. The van der Waals surface area contributed by atoms with Crippen LogP contribution >= 0.6 is 0 Å². The van der Waals surface area contributed by atoms with Crippen molar-refractivity contribution in [3.8, 4) is 22.7 Å². The van der Waals surface area contributed by atoms with E-state index in [2.05, 4.69) is 30.4 Å². The van der Waals surface area contributed by atoms with Crippen molar-refractivity contribution in [1.29, 1.82) is 0 Å². The smallest absolute Gasteiger partial charge is 0.270 e. The topological polar surface area (TPSA) is 56.1 Å². The van der Waals surface area contributed by atoms with Gasteiger partial charge in [0.2, 0.25) is 0 Å². The van der Waals surface area contributed by atoms with Gasteiger partial charge in [0.1, 0.15) is 11.4 Å². The number of nitrogens with zero attached hydrogens (tertiary/aromatic N) is 2. The van der Waals surface area contributed by atoms with Gasteiger partial charge in [-0.3, -0.25) is 4.79 Å². The van der Waals surface area contributed by atoms with Crippen LogP contribution in [0.25, 0.3) is 16.9 Å². The molecule has 4 rings (SSSR count). The van der Waals surface area contributed by atoms with Gasteiger partial charge in [-0.1, -0.05) is 48.0 Å². The molecule has 0 bridgehead atoms. The molecule has 0 aliphatic rings. The van der Waals surface area contributed by atoms with Gasteiger partial charge in [0, 0.05) is 11.6 Å². The van der Waals surface area contributed by atoms with Crippen LogP contribution in [0.2, 0.25) is 0 Å². The van der Waals surface area contributed by atoms with E-state index < -0.39 is 0 Å². The molecule has 1 amide bonds. The Labute approximate surface area is 201 Å². The van der Waals surface area contributed by atoms with E-state index in [0.717, 1.165) is 41.1 Å². The molecule has 0 saturated carbocycles. The van der Waals surface area contributed by atoms with Crippen LogP contribution in [0.15, 0.2) is 78.9 Å². The third-order valence-electron chi connectivity index (χ3n) is 5.99. The molecular formula is C29H31N3O2. The van der Waals surface area contributed by atoms with E-state index in [-0.39, 0.29) is 11.9 Å². The number of amides is 1.